The van der Waals surface area contributed by atoms with Crippen LogP contribution in [0.2, 0.25) is 0 Å². The molecule has 1 aliphatic rings. The first-order valence-electron chi connectivity index (χ1n) is 7.94. The third-order valence-electron chi connectivity index (χ3n) is 3.81. The Kier molecular flexibility index (Phi) is 6.87. The van der Waals surface area contributed by atoms with E-state index in [4.69, 9.17) is 14.6 Å². The zero-order chi connectivity index (χ0) is 16.5. The lowest BCUT2D eigenvalue weighted by Gasteiger charge is -2.21. The van der Waals surface area contributed by atoms with Gasteiger partial charge in [0.1, 0.15) is 6.61 Å². The molecule has 0 spiro atoms. The Morgan fingerprint density at radius 2 is 2.13 bits per heavy atom. The van der Waals surface area contributed by atoms with Gasteiger partial charge in [-0.25, -0.2) is 4.79 Å². The second-order valence-corrected chi connectivity index (χ2v) is 5.71. The van der Waals surface area contributed by atoms with Crippen molar-refractivity contribution in [1.29, 1.82) is 0 Å². The van der Waals surface area contributed by atoms with E-state index >= 15 is 0 Å². The van der Waals surface area contributed by atoms with E-state index in [2.05, 4.69) is 5.32 Å². The molecule has 2 atom stereocenters. The molecule has 6 nitrogen and oxygen atoms in total. The maximum Gasteiger partial charge on any atom is 0.407 e. The lowest BCUT2D eigenvalue weighted by atomic mass is 10.0. The second kappa shape index (κ2) is 9.15. The molecule has 126 valence electrons. The maximum absolute atomic E-state index is 11.9. The number of carboxylic acid groups (broad SMARTS) is 1. The predicted molar refractivity (Wildman–Crippen MR) is 84.0 cm³/mol. The van der Waals surface area contributed by atoms with Crippen LogP contribution in [0.1, 0.15) is 37.7 Å². The highest BCUT2D eigenvalue weighted by atomic mass is 16.5. The smallest absolute Gasteiger partial charge is 0.407 e. The molecule has 0 bridgehead atoms. The number of alkyl carbamates (subject to hydrolysis) is 1. The number of benzene rings is 1. The molecular formula is C17H23NO5. The van der Waals surface area contributed by atoms with E-state index in [-0.39, 0.29) is 25.2 Å². The summed E-state index contributed by atoms with van der Waals surface area (Å²) >= 11 is 0. The quantitative estimate of drug-likeness (QED) is 0.769. The number of amides is 1. The number of hydrogen-bond donors (Lipinski definition) is 2. The molecule has 2 unspecified atom stereocenters. The van der Waals surface area contributed by atoms with Gasteiger partial charge in [-0.05, 0) is 31.2 Å². The molecule has 1 amide bonds. The molecule has 1 aliphatic heterocycles. The largest absolute Gasteiger partial charge is 0.481 e. The van der Waals surface area contributed by atoms with Gasteiger partial charge in [0.2, 0.25) is 0 Å². The number of nitrogens with one attached hydrogen (secondary N) is 1. The van der Waals surface area contributed by atoms with Gasteiger partial charge in [0.05, 0.1) is 6.10 Å². The summed E-state index contributed by atoms with van der Waals surface area (Å²) in [6.07, 6.45) is 2.52. The molecule has 1 aromatic carbocycles. The Balaban J connectivity index is 1.79. The molecular weight excluding hydrogens is 298 g/mol. The molecule has 2 N–H and O–H groups in total. The van der Waals surface area contributed by atoms with Crippen LogP contribution in [0.4, 0.5) is 4.79 Å². The number of carbonyl (C=O) groups excluding carboxylic acids is 1. The van der Waals surface area contributed by atoms with Gasteiger partial charge in [-0.15, -0.1) is 0 Å². The third kappa shape index (κ3) is 6.69. The van der Waals surface area contributed by atoms with Gasteiger partial charge in [0.15, 0.2) is 0 Å². The second-order valence-electron chi connectivity index (χ2n) is 5.71. The summed E-state index contributed by atoms with van der Waals surface area (Å²) < 4.78 is 10.8. The van der Waals surface area contributed by atoms with Crippen LogP contribution in [0.15, 0.2) is 30.3 Å². The molecule has 1 aromatic rings. The van der Waals surface area contributed by atoms with Crippen LogP contribution in [-0.4, -0.2) is 35.9 Å². The first kappa shape index (κ1) is 17.3. The molecule has 0 aromatic heterocycles. The Hall–Kier alpha value is -2.08. The van der Waals surface area contributed by atoms with Crippen LogP contribution < -0.4 is 5.32 Å². The van der Waals surface area contributed by atoms with Crippen LogP contribution in [0.25, 0.3) is 0 Å². The van der Waals surface area contributed by atoms with Gasteiger partial charge in [-0.2, -0.15) is 0 Å². The van der Waals surface area contributed by atoms with E-state index in [1.807, 2.05) is 30.3 Å². The molecule has 0 saturated carbocycles. The Bertz CT molecular complexity index is 499. The Morgan fingerprint density at radius 1 is 1.35 bits per heavy atom. The fraction of sp³-hybridized carbons (Fsp3) is 0.529. The van der Waals surface area contributed by atoms with Gasteiger partial charge in [0.25, 0.3) is 0 Å². The van der Waals surface area contributed by atoms with Crippen LogP contribution in [0.3, 0.4) is 0 Å². The molecule has 1 saturated heterocycles. The fourth-order valence-electron chi connectivity index (χ4n) is 2.63. The summed E-state index contributed by atoms with van der Waals surface area (Å²) in [6.45, 7) is 0.924. The summed E-state index contributed by atoms with van der Waals surface area (Å²) in [5.41, 5.74) is 0.906. The summed E-state index contributed by atoms with van der Waals surface area (Å²) in [5.74, 6) is -0.873. The van der Waals surface area contributed by atoms with E-state index in [1.165, 1.54) is 0 Å². The van der Waals surface area contributed by atoms with Crippen molar-refractivity contribution in [2.75, 3.05) is 6.61 Å². The summed E-state index contributed by atoms with van der Waals surface area (Å²) in [5, 5.41) is 11.6. The minimum Gasteiger partial charge on any atom is -0.481 e. The van der Waals surface area contributed by atoms with Crippen LogP contribution in [-0.2, 0) is 20.9 Å². The molecule has 1 heterocycles. The van der Waals surface area contributed by atoms with E-state index in [1.54, 1.807) is 0 Å². The van der Waals surface area contributed by atoms with Crippen molar-refractivity contribution in [3.05, 3.63) is 35.9 Å². The minimum atomic E-state index is -0.873. The van der Waals surface area contributed by atoms with Crippen molar-refractivity contribution in [3.63, 3.8) is 0 Å². The summed E-state index contributed by atoms with van der Waals surface area (Å²) in [4.78, 5) is 22.7. The van der Waals surface area contributed by atoms with Crippen molar-refractivity contribution in [3.8, 4) is 0 Å². The zero-order valence-corrected chi connectivity index (χ0v) is 13.1. The first-order valence-corrected chi connectivity index (χ1v) is 7.94. The maximum atomic E-state index is 11.9. The van der Waals surface area contributed by atoms with Crippen LogP contribution in [0, 0.1) is 0 Å². The van der Waals surface area contributed by atoms with E-state index in [0.29, 0.717) is 12.8 Å². The number of hydrogen-bond acceptors (Lipinski definition) is 4. The van der Waals surface area contributed by atoms with Crippen LogP contribution >= 0.6 is 0 Å². The molecule has 0 radical (unpaired) electrons. The van der Waals surface area contributed by atoms with Gasteiger partial charge < -0.3 is 19.9 Å². The monoisotopic (exact) mass is 321 g/mol. The van der Waals surface area contributed by atoms with Gasteiger partial charge in [-0.3, -0.25) is 4.79 Å². The molecule has 23 heavy (non-hydrogen) atoms. The van der Waals surface area contributed by atoms with Crippen molar-refractivity contribution < 1.29 is 24.2 Å². The number of carboxylic acids is 1. The van der Waals surface area contributed by atoms with E-state index in [9.17, 15) is 9.59 Å². The SMILES string of the molecule is O=C(O)CCC(CC1CCCO1)NC(=O)OCc1ccccc1. The highest BCUT2D eigenvalue weighted by Crippen LogP contribution is 2.19. The minimum absolute atomic E-state index is 0.0103. The van der Waals surface area contributed by atoms with Gasteiger partial charge >= 0.3 is 12.1 Å². The lowest BCUT2D eigenvalue weighted by molar-refractivity contribution is -0.137. The van der Waals surface area contributed by atoms with Crippen molar-refractivity contribution in [2.45, 2.75) is 50.9 Å². The van der Waals surface area contributed by atoms with Crippen LogP contribution in [0.5, 0.6) is 0 Å². The highest BCUT2D eigenvalue weighted by molar-refractivity contribution is 5.68. The number of ether oxygens (including phenoxy) is 2. The Morgan fingerprint density at radius 3 is 2.78 bits per heavy atom. The van der Waals surface area contributed by atoms with Crippen molar-refractivity contribution in [2.24, 2.45) is 0 Å². The number of carbonyl (C=O) groups is 2. The lowest BCUT2D eigenvalue weighted by Crippen LogP contribution is -2.38. The topological polar surface area (TPSA) is 84.9 Å². The van der Waals surface area contributed by atoms with E-state index < -0.39 is 12.1 Å². The average molecular weight is 321 g/mol. The first-order chi connectivity index (χ1) is 11.1. The zero-order valence-electron chi connectivity index (χ0n) is 13.1. The number of rotatable bonds is 8. The predicted octanol–water partition coefficient (Wildman–Crippen LogP) is 2.72. The molecule has 2 rings (SSSR count). The molecule has 0 aliphatic carbocycles. The summed E-state index contributed by atoms with van der Waals surface area (Å²) in [6, 6.07) is 9.15. The molecule has 1 fully saturated rings. The standard InChI is InChI=1S/C17H23NO5/c19-16(20)9-8-14(11-15-7-4-10-22-15)18-17(21)23-12-13-5-2-1-3-6-13/h1-3,5-6,14-15H,4,7-12H2,(H,18,21)(H,19,20). The highest BCUT2D eigenvalue weighted by Gasteiger charge is 2.23. The van der Waals surface area contributed by atoms with E-state index in [0.717, 1.165) is 25.0 Å². The molecule has 6 heteroatoms. The normalized spacial score (nSPS) is 18.3. The Labute approximate surface area is 135 Å². The fourth-order valence-corrected chi connectivity index (χ4v) is 2.63. The van der Waals surface area contributed by atoms with Crippen molar-refractivity contribution >= 4 is 12.1 Å². The van der Waals surface area contributed by atoms with Gasteiger partial charge in [0, 0.05) is 19.1 Å². The van der Waals surface area contributed by atoms with Gasteiger partial charge in [-0.1, -0.05) is 30.3 Å². The third-order valence-corrected chi connectivity index (χ3v) is 3.81. The van der Waals surface area contributed by atoms with Crippen molar-refractivity contribution in [1.82, 2.24) is 5.32 Å². The summed E-state index contributed by atoms with van der Waals surface area (Å²) in [7, 11) is 0. The average Bonchev–Trinajstić information content (AvgIpc) is 3.04. The number of aliphatic carboxylic acids is 1.